The Morgan fingerprint density at radius 1 is 1.11 bits per heavy atom. The lowest BCUT2D eigenvalue weighted by atomic mass is 9.93. The van der Waals surface area contributed by atoms with Crippen molar-refractivity contribution in [1.29, 1.82) is 0 Å². The summed E-state index contributed by atoms with van der Waals surface area (Å²) in [6, 6.07) is 2.18. The van der Waals surface area contributed by atoms with Gasteiger partial charge in [0.25, 0.3) is 0 Å². The van der Waals surface area contributed by atoms with E-state index >= 15 is 0 Å². The van der Waals surface area contributed by atoms with Crippen molar-refractivity contribution in [3.05, 3.63) is 0 Å². The summed E-state index contributed by atoms with van der Waals surface area (Å²) in [5.41, 5.74) is 0. The van der Waals surface area contributed by atoms with E-state index in [1.807, 2.05) is 0 Å². The summed E-state index contributed by atoms with van der Waals surface area (Å²) in [7, 11) is 0. The highest BCUT2D eigenvalue weighted by Crippen LogP contribution is 2.29. The van der Waals surface area contributed by atoms with Crippen molar-refractivity contribution >= 4 is 29.9 Å². The molecule has 1 atom stereocenters. The number of hydrogen-bond donors (Lipinski definition) is 2. The van der Waals surface area contributed by atoms with E-state index < -0.39 is 0 Å². The molecule has 2 saturated carbocycles. The summed E-state index contributed by atoms with van der Waals surface area (Å²) in [6.45, 7) is 5.45. The van der Waals surface area contributed by atoms with Crippen LogP contribution in [0.25, 0.3) is 0 Å². The van der Waals surface area contributed by atoms with E-state index in [1.165, 1.54) is 51.6 Å². The Morgan fingerprint density at radius 3 is 2.42 bits per heavy atom. The van der Waals surface area contributed by atoms with Crippen LogP contribution in [0, 0.1) is 0 Å². The summed E-state index contributed by atoms with van der Waals surface area (Å²) in [5.74, 6) is 1.05. The van der Waals surface area contributed by atoms with Gasteiger partial charge in [0.2, 0.25) is 0 Å². The van der Waals surface area contributed by atoms with Crippen LogP contribution in [0.4, 0.5) is 0 Å². The lowest BCUT2D eigenvalue weighted by Gasteiger charge is -2.29. The normalized spacial score (nSPS) is 28.7. The number of nitrogens with one attached hydrogen (secondary N) is 2. The van der Waals surface area contributed by atoms with Gasteiger partial charge in [0, 0.05) is 37.8 Å². The Labute approximate surface area is 133 Å². The number of nitrogens with zero attached hydrogens (tertiary/aromatic N) is 2. The van der Waals surface area contributed by atoms with E-state index in [4.69, 9.17) is 0 Å². The van der Waals surface area contributed by atoms with Gasteiger partial charge in [-0.2, -0.15) is 0 Å². The van der Waals surface area contributed by atoms with Crippen LogP contribution in [-0.2, 0) is 0 Å². The van der Waals surface area contributed by atoms with Crippen molar-refractivity contribution in [1.82, 2.24) is 15.5 Å². The Morgan fingerprint density at radius 2 is 1.84 bits per heavy atom. The molecule has 1 aliphatic heterocycles. The molecule has 1 saturated heterocycles. The zero-order valence-electron chi connectivity index (χ0n) is 11.9. The van der Waals surface area contributed by atoms with Crippen LogP contribution in [0.15, 0.2) is 4.99 Å². The van der Waals surface area contributed by atoms with Crippen LogP contribution in [0.2, 0.25) is 0 Å². The molecule has 2 N–H and O–H groups in total. The largest absolute Gasteiger partial charge is 0.354 e. The fourth-order valence-electron chi connectivity index (χ4n) is 2.91. The summed E-state index contributed by atoms with van der Waals surface area (Å²) < 4.78 is 0. The van der Waals surface area contributed by atoms with Gasteiger partial charge in [-0.3, -0.25) is 9.89 Å². The molecule has 3 fully saturated rings. The molecule has 110 valence electrons. The smallest absolute Gasteiger partial charge is 0.191 e. The molecular weight excluding hydrogens is 351 g/mol. The van der Waals surface area contributed by atoms with Gasteiger partial charge < -0.3 is 10.6 Å². The molecule has 3 rings (SSSR count). The van der Waals surface area contributed by atoms with Crippen molar-refractivity contribution in [3.63, 3.8) is 0 Å². The lowest BCUT2D eigenvalue weighted by molar-refractivity contribution is 0.320. The first-order valence-electron chi connectivity index (χ1n) is 7.66. The van der Waals surface area contributed by atoms with Gasteiger partial charge in [0.05, 0.1) is 0 Å². The Kier molecular flexibility index (Phi) is 5.74. The minimum absolute atomic E-state index is 0. The highest BCUT2D eigenvalue weighted by molar-refractivity contribution is 14.0. The zero-order chi connectivity index (χ0) is 12.4. The van der Waals surface area contributed by atoms with Gasteiger partial charge in [-0.15, -0.1) is 24.0 Å². The maximum absolute atomic E-state index is 4.57. The molecule has 1 heterocycles. The summed E-state index contributed by atoms with van der Waals surface area (Å²) >= 11 is 0. The number of halogens is 1. The molecule has 0 aromatic rings. The molecule has 0 aromatic carbocycles. The third kappa shape index (κ3) is 4.21. The van der Waals surface area contributed by atoms with E-state index in [1.54, 1.807) is 0 Å². The number of hydrogen-bond acceptors (Lipinski definition) is 2. The molecule has 3 aliphatic rings. The molecule has 0 spiro atoms. The summed E-state index contributed by atoms with van der Waals surface area (Å²) in [4.78, 5) is 7.21. The molecule has 0 amide bonds. The van der Waals surface area contributed by atoms with E-state index in [9.17, 15) is 0 Å². The molecule has 1 unspecified atom stereocenters. The zero-order valence-corrected chi connectivity index (χ0v) is 14.2. The SMILES string of the molecule is CCN=C(NC1CCC1)NC1CCN(C2CC2)C1.I. The molecule has 0 bridgehead atoms. The van der Waals surface area contributed by atoms with Crippen molar-refractivity contribution in [3.8, 4) is 0 Å². The van der Waals surface area contributed by atoms with Crippen LogP contribution >= 0.6 is 24.0 Å². The van der Waals surface area contributed by atoms with E-state index in [-0.39, 0.29) is 24.0 Å². The highest BCUT2D eigenvalue weighted by atomic mass is 127. The van der Waals surface area contributed by atoms with Gasteiger partial charge in [-0.25, -0.2) is 0 Å². The molecule has 19 heavy (non-hydrogen) atoms. The predicted molar refractivity (Wildman–Crippen MR) is 90.3 cm³/mol. The molecular formula is C14H27IN4. The molecule has 5 heteroatoms. The quantitative estimate of drug-likeness (QED) is 0.446. The van der Waals surface area contributed by atoms with E-state index in [0.717, 1.165) is 18.5 Å². The second-order valence-corrected chi connectivity index (χ2v) is 5.95. The van der Waals surface area contributed by atoms with Crippen LogP contribution in [0.5, 0.6) is 0 Å². The highest BCUT2D eigenvalue weighted by Gasteiger charge is 2.34. The Hall–Kier alpha value is -0.0400. The molecule has 4 nitrogen and oxygen atoms in total. The van der Waals surface area contributed by atoms with Gasteiger partial charge in [0.1, 0.15) is 0 Å². The standard InChI is InChI=1S/C14H26N4.HI/c1-2-15-14(16-11-4-3-5-11)17-12-8-9-18(10-12)13-6-7-13;/h11-13H,2-10H2,1H3,(H2,15,16,17);1H. The summed E-state index contributed by atoms with van der Waals surface area (Å²) in [6.07, 6.45) is 8.10. The Bertz CT molecular complexity index is 313. The average Bonchev–Trinajstić information content (AvgIpc) is 3.05. The van der Waals surface area contributed by atoms with Crippen LogP contribution in [0.1, 0.15) is 45.4 Å². The maximum atomic E-state index is 4.57. The van der Waals surface area contributed by atoms with Gasteiger partial charge >= 0.3 is 0 Å². The minimum atomic E-state index is 0. The topological polar surface area (TPSA) is 39.7 Å². The van der Waals surface area contributed by atoms with Crippen LogP contribution < -0.4 is 10.6 Å². The fourth-order valence-corrected chi connectivity index (χ4v) is 2.91. The maximum Gasteiger partial charge on any atom is 0.191 e. The van der Waals surface area contributed by atoms with Crippen molar-refractivity contribution in [2.75, 3.05) is 19.6 Å². The van der Waals surface area contributed by atoms with Gasteiger partial charge in [-0.1, -0.05) is 0 Å². The molecule has 0 aromatic heterocycles. The van der Waals surface area contributed by atoms with E-state index in [0.29, 0.717) is 12.1 Å². The third-order valence-corrected chi connectivity index (χ3v) is 4.39. The van der Waals surface area contributed by atoms with Crippen LogP contribution in [-0.4, -0.2) is 48.6 Å². The first-order chi connectivity index (χ1) is 8.85. The number of likely N-dealkylation sites (tertiary alicyclic amines) is 1. The second kappa shape index (κ2) is 7.11. The molecule has 0 radical (unpaired) electrons. The minimum Gasteiger partial charge on any atom is -0.354 e. The van der Waals surface area contributed by atoms with Crippen molar-refractivity contribution < 1.29 is 0 Å². The fraction of sp³-hybridized carbons (Fsp3) is 0.929. The van der Waals surface area contributed by atoms with Gasteiger partial charge in [-0.05, 0) is 45.4 Å². The number of rotatable bonds is 4. The number of guanidine groups is 1. The third-order valence-electron chi connectivity index (χ3n) is 4.39. The molecule has 2 aliphatic carbocycles. The lowest BCUT2D eigenvalue weighted by Crippen LogP contribution is -2.50. The van der Waals surface area contributed by atoms with Crippen molar-refractivity contribution in [2.24, 2.45) is 4.99 Å². The monoisotopic (exact) mass is 378 g/mol. The Balaban J connectivity index is 0.00000133. The van der Waals surface area contributed by atoms with E-state index in [2.05, 4.69) is 27.4 Å². The number of aliphatic imine (C=N–C) groups is 1. The van der Waals surface area contributed by atoms with Crippen molar-refractivity contribution in [2.45, 2.75) is 63.6 Å². The first-order valence-corrected chi connectivity index (χ1v) is 7.66. The summed E-state index contributed by atoms with van der Waals surface area (Å²) in [5, 5.41) is 7.19. The second-order valence-electron chi connectivity index (χ2n) is 5.95. The first kappa shape index (κ1) is 15.4. The van der Waals surface area contributed by atoms with Gasteiger partial charge in [0.15, 0.2) is 5.96 Å². The van der Waals surface area contributed by atoms with Crippen LogP contribution in [0.3, 0.4) is 0 Å². The average molecular weight is 378 g/mol. The predicted octanol–water partition coefficient (Wildman–Crippen LogP) is 1.95.